The number of aliphatic carboxylic acids is 1. The van der Waals surface area contributed by atoms with Crippen molar-refractivity contribution in [3.63, 3.8) is 0 Å². The number of hydrogen-bond donors (Lipinski definition) is 1. The van der Waals surface area contributed by atoms with Crippen LogP contribution >= 0.6 is 0 Å². The number of nitrogens with zero attached hydrogens (tertiary/aromatic N) is 1. The topological polar surface area (TPSA) is 63.6 Å². The van der Waals surface area contributed by atoms with E-state index in [1.54, 1.807) is 0 Å². The molecule has 1 atom stereocenters. The van der Waals surface area contributed by atoms with Crippen LogP contribution in [0.3, 0.4) is 0 Å². The number of likely N-dealkylation sites (N-methyl/N-ethyl adjacent to an activating group) is 1. The van der Waals surface area contributed by atoms with Gasteiger partial charge in [-0.05, 0) is 25.7 Å². The molecule has 22 heavy (non-hydrogen) atoms. The Kier molecular flexibility index (Phi) is 10.5. The average Bonchev–Trinajstić information content (AvgIpc) is 2.34. The molecular weight excluding hydrogens is 282 g/mol. The number of allylic oxidation sites excluding steroid dienone is 2. The van der Waals surface area contributed by atoms with Gasteiger partial charge in [-0.15, -0.1) is 0 Å². The number of esters is 1. The van der Waals surface area contributed by atoms with Gasteiger partial charge in [-0.25, -0.2) is 0 Å². The second-order valence-electron chi connectivity index (χ2n) is 6.66. The van der Waals surface area contributed by atoms with Crippen LogP contribution < -0.4 is 0 Å². The molecule has 128 valence electrons. The van der Waals surface area contributed by atoms with Gasteiger partial charge in [0, 0.05) is 6.42 Å². The van der Waals surface area contributed by atoms with Crippen LogP contribution in [-0.2, 0) is 14.3 Å². The van der Waals surface area contributed by atoms with Crippen molar-refractivity contribution in [2.24, 2.45) is 0 Å². The maximum Gasteiger partial charge on any atom is 0.307 e. The molecule has 0 aliphatic carbocycles. The zero-order valence-corrected chi connectivity index (χ0v) is 14.5. The summed E-state index contributed by atoms with van der Waals surface area (Å²) in [5.41, 5.74) is 0. The molecule has 0 radical (unpaired) electrons. The number of carbonyl (C=O) groups excluding carboxylic acids is 1. The number of hydrogen-bond acceptors (Lipinski definition) is 3. The van der Waals surface area contributed by atoms with Gasteiger partial charge in [0.25, 0.3) is 0 Å². The summed E-state index contributed by atoms with van der Waals surface area (Å²) in [6.07, 6.45) is 8.95. The summed E-state index contributed by atoms with van der Waals surface area (Å²) in [4.78, 5) is 22.7. The third-order valence-electron chi connectivity index (χ3n) is 3.11. The van der Waals surface area contributed by atoms with Crippen molar-refractivity contribution in [1.82, 2.24) is 0 Å². The van der Waals surface area contributed by atoms with E-state index in [0.717, 1.165) is 32.1 Å². The standard InChI is InChI=1S/C17H31NO4/c1-5-6-7-8-9-10-11-12-17(21)22-15(13-16(19)20)14-18(2,3)4/h6-7,15H,5,8-14H2,1-4H3/p+1/b7-6+. The molecule has 0 aromatic rings. The maximum absolute atomic E-state index is 11.8. The van der Waals surface area contributed by atoms with Crippen molar-refractivity contribution in [3.05, 3.63) is 12.2 Å². The maximum atomic E-state index is 11.8. The number of carboxylic acid groups (broad SMARTS) is 1. The molecule has 5 heteroatoms. The molecule has 1 unspecified atom stereocenters. The predicted octanol–water partition coefficient (Wildman–Crippen LogP) is 3.00. The van der Waals surface area contributed by atoms with E-state index in [2.05, 4.69) is 19.1 Å². The van der Waals surface area contributed by atoms with Gasteiger partial charge in [0.15, 0.2) is 6.10 Å². The molecule has 0 fully saturated rings. The Morgan fingerprint density at radius 1 is 1.14 bits per heavy atom. The lowest BCUT2D eigenvalue weighted by atomic mass is 10.1. The SMILES string of the molecule is CC/C=C/CCCCCC(=O)OC(CC(=O)O)C[N+](C)(C)C. The number of quaternary nitrogens is 1. The Morgan fingerprint density at radius 2 is 1.82 bits per heavy atom. The fourth-order valence-electron chi connectivity index (χ4n) is 2.19. The van der Waals surface area contributed by atoms with Gasteiger partial charge in [-0.1, -0.05) is 25.5 Å². The lowest BCUT2D eigenvalue weighted by Gasteiger charge is -2.28. The lowest BCUT2D eigenvalue weighted by molar-refractivity contribution is -0.873. The lowest BCUT2D eigenvalue weighted by Crippen LogP contribution is -2.43. The quantitative estimate of drug-likeness (QED) is 0.260. The highest BCUT2D eigenvalue weighted by molar-refractivity contribution is 5.71. The van der Waals surface area contributed by atoms with Crippen molar-refractivity contribution in [2.45, 2.75) is 58.0 Å². The van der Waals surface area contributed by atoms with Crippen molar-refractivity contribution in [2.75, 3.05) is 27.7 Å². The van der Waals surface area contributed by atoms with Gasteiger partial charge in [0.05, 0.1) is 27.6 Å². The number of carbonyl (C=O) groups is 2. The summed E-state index contributed by atoms with van der Waals surface area (Å²) < 4.78 is 5.90. The van der Waals surface area contributed by atoms with E-state index >= 15 is 0 Å². The molecule has 0 amide bonds. The van der Waals surface area contributed by atoms with Gasteiger partial charge in [-0.2, -0.15) is 0 Å². The molecule has 0 aromatic heterocycles. The van der Waals surface area contributed by atoms with Crippen molar-refractivity contribution >= 4 is 11.9 Å². The number of carboxylic acids is 1. The van der Waals surface area contributed by atoms with E-state index in [9.17, 15) is 9.59 Å². The summed E-state index contributed by atoms with van der Waals surface area (Å²) in [5.74, 6) is -1.22. The Balaban J connectivity index is 4.01. The first kappa shape index (κ1) is 20.6. The van der Waals surface area contributed by atoms with Crippen molar-refractivity contribution in [3.8, 4) is 0 Å². The Hall–Kier alpha value is -1.36. The third-order valence-corrected chi connectivity index (χ3v) is 3.11. The highest BCUT2D eigenvalue weighted by Crippen LogP contribution is 2.09. The van der Waals surface area contributed by atoms with Gasteiger partial charge in [-0.3, -0.25) is 9.59 Å². The van der Waals surface area contributed by atoms with Crippen LogP contribution in [0.5, 0.6) is 0 Å². The summed E-state index contributed by atoms with van der Waals surface area (Å²) in [6.45, 7) is 2.61. The first-order valence-corrected chi connectivity index (χ1v) is 8.11. The van der Waals surface area contributed by atoms with Gasteiger partial charge >= 0.3 is 11.9 Å². The van der Waals surface area contributed by atoms with E-state index in [0.29, 0.717) is 17.4 Å². The van der Waals surface area contributed by atoms with Gasteiger partial charge in [0.1, 0.15) is 6.54 Å². The highest BCUT2D eigenvalue weighted by Gasteiger charge is 2.24. The Bertz CT molecular complexity index is 358. The van der Waals surface area contributed by atoms with Gasteiger partial charge < -0.3 is 14.3 Å². The second-order valence-corrected chi connectivity index (χ2v) is 6.66. The molecule has 0 aromatic carbocycles. The molecular formula is C17H32NO4+. The molecule has 0 bridgehead atoms. The van der Waals surface area contributed by atoms with Crippen LogP contribution in [0, 0.1) is 0 Å². The summed E-state index contributed by atoms with van der Waals surface area (Å²) in [5, 5.41) is 8.91. The van der Waals surface area contributed by atoms with E-state index in [-0.39, 0.29) is 12.4 Å². The molecule has 0 spiro atoms. The summed E-state index contributed by atoms with van der Waals surface area (Å²) in [7, 11) is 5.85. The fraction of sp³-hybridized carbons (Fsp3) is 0.765. The average molecular weight is 314 g/mol. The van der Waals surface area contributed by atoms with Crippen LogP contribution in [-0.4, -0.2) is 55.3 Å². The molecule has 0 heterocycles. The van der Waals surface area contributed by atoms with Crippen LogP contribution in [0.2, 0.25) is 0 Å². The van der Waals surface area contributed by atoms with Crippen molar-refractivity contribution < 1.29 is 23.9 Å². The number of ether oxygens (including phenoxy) is 1. The zero-order chi connectivity index (χ0) is 17.0. The highest BCUT2D eigenvalue weighted by atomic mass is 16.5. The van der Waals surface area contributed by atoms with Gasteiger partial charge in [0.2, 0.25) is 0 Å². The smallest absolute Gasteiger partial charge is 0.307 e. The third kappa shape index (κ3) is 13.6. The van der Waals surface area contributed by atoms with Crippen LogP contribution in [0.25, 0.3) is 0 Å². The van der Waals surface area contributed by atoms with E-state index in [4.69, 9.17) is 9.84 Å². The molecule has 0 aliphatic heterocycles. The minimum atomic E-state index is -0.936. The number of unbranched alkanes of at least 4 members (excludes halogenated alkanes) is 3. The van der Waals surface area contributed by atoms with Crippen LogP contribution in [0.4, 0.5) is 0 Å². The molecule has 0 saturated heterocycles. The predicted molar refractivity (Wildman–Crippen MR) is 87.5 cm³/mol. The summed E-state index contributed by atoms with van der Waals surface area (Å²) in [6, 6.07) is 0. The first-order chi connectivity index (χ1) is 10.2. The monoisotopic (exact) mass is 314 g/mol. The van der Waals surface area contributed by atoms with Crippen LogP contribution in [0.15, 0.2) is 12.2 Å². The minimum Gasteiger partial charge on any atom is -0.481 e. The first-order valence-electron chi connectivity index (χ1n) is 8.11. The zero-order valence-electron chi connectivity index (χ0n) is 14.5. The number of rotatable bonds is 12. The molecule has 5 nitrogen and oxygen atoms in total. The second kappa shape index (κ2) is 11.2. The van der Waals surface area contributed by atoms with E-state index in [1.165, 1.54) is 0 Å². The largest absolute Gasteiger partial charge is 0.481 e. The Labute approximate surface area is 134 Å². The normalized spacial score (nSPS) is 13.3. The molecule has 0 aliphatic rings. The van der Waals surface area contributed by atoms with Crippen LogP contribution in [0.1, 0.15) is 51.9 Å². The van der Waals surface area contributed by atoms with E-state index < -0.39 is 12.1 Å². The minimum absolute atomic E-state index is 0.136. The molecule has 0 rings (SSSR count). The summed E-state index contributed by atoms with van der Waals surface area (Å²) >= 11 is 0. The Morgan fingerprint density at radius 3 is 2.36 bits per heavy atom. The fourth-order valence-corrected chi connectivity index (χ4v) is 2.19. The molecule has 1 N–H and O–H groups in total. The van der Waals surface area contributed by atoms with Crippen molar-refractivity contribution in [1.29, 1.82) is 0 Å². The molecule has 0 saturated carbocycles. The van der Waals surface area contributed by atoms with E-state index in [1.807, 2.05) is 21.1 Å².